The van der Waals surface area contributed by atoms with Crippen LogP contribution in [0.25, 0.3) is 0 Å². The highest BCUT2D eigenvalue weighted by Crippen LogP contribution is 2.26. The van der Waals surface area contributed by atoms with Gasteiger partial charge >= 0.3 is 5.97 Å². The monoisotopic (exact) mass is 306 g/mol. The molecule has 3 N–H and O–H groups in total. The van der Waals surface area contributed by atoms with E-state index < -0.39 is 10.0 Å². The fraction of sp³-hybridized carbons (Fsp3) is 0.923. The summed E-state index contributed by atoms with van der Waals surface area (Å²) >= 11 is 0. The summed E-state index contributed by atoms with van der Waals surface area (Å²) in [5.74, 6) is -0.113. The lowest BCUT2D eigenvalue weighted by Crippen LogP contribution is -2.46. The number of hydrogen-bond donors (Lipinski definition) is 2. The molecule has 1 aliphatic rings. The van der Waals surface area contributed by atoms with Crippen molar-refractivity contribution >= 4 is 16.0 Å². The topological polar surface area (TPSA) is 98.5 Å². The van der Waals surface area contributed by atoms with Crippen molar-refractivity contribution in [2.45, 2.75) is 51.0 Å². The van der Waals surface area contributed by atoms with Crippen LogP contribution in [0.3, 0.4) is 0 Å². The molecule has 118 valence electrons. The first kappa shape index (κ1) is 17.4. The lowest BCUT2D eigenvalue weighted by Gasteiger charge is -2.29. The molecule has 0 aromatic carbocycles. The van der Waals surface area contributed by atoms with Gasteiger partial charge in [-0.1, -0.05) is 19.3 Å². The zero-order chi connectivity index (χ0) is 15.0. The molecule has 0 spiro atoms. The molecule has 6 nitrogen and oxygen atoms in total. The maximum Gasteiger partial charge on any atom is 0.305 e. The first-order valence-electron chi connectivity index (χ1n) is 7.25. The number of nitrogens with two attached hydrogens (primary N) is 1. The van der Waals surface area contributed by atoms with Gasteiger partial charge in [0, 0.05) is 19.0 Å². The Bertz CT molecular complexity index is 391. The van der Waals surface area contributed by atoms with Crippen LogP contribution in [-0.4, -0.2) is 39.8 Å². The molecular weight excluding hydrogens is 280 g/mol. The first-order chi connectivity index (χ1) is 9.48. The summed E-state index contributed by atoms with van der Waals surface area (Å²) in [7, 11) is -2.09. The maximum atomic E-state index is 12.0. The van der Waals surface area contributed by atoms with Crippen LogP contribution in [-0.2, 0) is 19.6 Å². The Morgan fingerprint density at radius 2 is 2.00 bits per heavy atom. The number of esters is 1. The van der Waals surface area contributed by atoms with Crippen LogP contribution in [0, 0.1) is 5.92 Å². The largest absolute Gasteiger partial charge is 0.469 e. The van der Waals surface area contributed by atoms with Gasteiger partial charge < -0.3 is 10.5 Å². The average Bonchev–Trinajstić information content (AvgIpc) is 2.45. The first-order valence-corrected chi connectivity index (χ1v) is 8.90. The minimum Gasteiger partial charge on any atom is -0.469 e. The van der Waals surface area contributed by atoms with Crippen LogP contribution in [0.1, 0.15) is 44.9 Å². The summed E-state index contributed by atoms with van der Waals surface area (Å²) in [6.07, 6.45) is 5.97. The molecule has 0 heterocycles. The third-order valence-corrected chi connectivity index (χ3v) is 5.31. The second-order valence-corrected chi connectivity index (χ2v) is 7.23. The van der Waals surface area contributed by atoms with Crippen molar-refractivity contribution in [1.82, 2.24) is 4.72 Å². The number of carbonyl (C=O) groups excluding carboxylic acids is 1. The quantitative estimate of drug-likeness (QED) is 0.645. The Balaban J connectivity index is 2.43. The molecule has 0 aromatic heterocycles. The third-order valence-electron chi connectivity index (χ3n) is 3.83. The summed E-state index contributed by atoms with van der Waals surface area (Å²) in [5.41, 5.74) is 5.71. The number of ether oxygens (including phenoxy) is 1. The van der Waals surface area contributed by atoms with Gasteiger partial charge in [0.1, 0.15) is 0 Å². The van der Waals surface area contributed by atoms with Gasteiger partial charge in [0.2, 0.25) is 10.0 Å². The normalized spacial score (nSPS) is 18.7. The van der Waals surface area contributed by atoms with Crippen LogP contribution in [0.2, 0.25) is 0 Å². The van der Waals surface area contributed by atoms with E-state index in [0.29, 0.717) is 12.5 Å². The fourth-order valence-corrected chi connectivity index (χ4v) is 4.06. The molecule has 0 saturated heterocycles. The molecule has 1 saturated carbocycles. The second kappa shape index (κ2) is 8.59. The number of hydrogen-bond acceptors (Lipinski definition) is 5. The van der Waals surface area contributed by atoms with E-state index in [1.54, 1.807) is 0 Å². The van der Waals surface area contributed by atoms with E-state index in [9.17, 15) is 13.2 Å². The van der Waals surface area contributed by atoms with E-state index in [1.807, 2.05) is 0 Å². The van der Waals surface area contributed by atoms with E-state index in [1.165, 1.54) is 13.5 Å². The predicted molar refractivity (Wildman–Crippen MR) is 77.6 cm³/mol. The molecule has 7 heteroatoms. The van der Waals surface area contributed by atoms with Crippen molar-refractivity contribution in [2.75, 3.05) is 19.4 Å². The van der Waals surface area contributed by atoms with Crippen molar-refractivity contribution < 1.29 is 17.9 Å². The molecular formula is C13H26N2O4S. The van der Waals surface area contributed by atoms with Gasteiger partial charge in [0.05, 0.1) is 12.9 Å². The lowest BCUT2D eigenvalue weighted by atomic mass is 9.84. The summed E-state index contributed by atoms with van der Waals surface area (Å²) in [4.78, 5) is 11.0. The average molecular weight is 306 g/mol. The van der Waals surface area contributed by atoms with Crippen LogP contribution in [0.15, 0.2) is 0 Å². The highest BCUT2D eigenvalue weighted by atomic mass is 32.2. The zero-order valence-corrected chi connectivity index (χ0v) is 13.0. The Kier molecular flexibility index (Phi) is 7.47. The van der Waals surface area contributed by atoms with Crippen molar-refractivity contribution in [1.29, 1.82) is 0 Å². The van der Waals surface area contributed by atoms with Crippen molar-refractivity contribution in [3.8, 4) is 0 Å². The van der Waals surface area contributed by atoms with Gasteiger partial charge in [0.15, 0.2) is 0 Å². The van der Waals surface area contributed by atoms with E-state index >= 15 is 0 Å². The van der Waals surface area contributed by atoms with Gasteiger partial charge in [-0.2, -0.15) is 0 Å². The summed E-state index contributed by atoms with van der Waals surface area (Å²) in [6.45, 7) is 0.320. The van der Waals surface area contributed by atoms with Crippen LogP contribution < -0.4 is 10.5 Å². The number of rotatable bonds is 8. The summed E-state index contributed by atoms with van der Waals surface area (Å²) in [6, 6.07) is -0.182. The fourth-order valence-electron chi connectivity index (χ4n) is 2.67. The van der Waals surface area contributed by atoms with Gasteiger partial charge in [-0.05, 0) is 25.2 Å². The maximum absolute atomic E-state index is 12.0. The van der Waals surface area contributed by atoms with E-state index in [4.69, 9.17) is 5.73 Å². The summed E-state index contributed by atoms with van der Waals surface area (Å²) < 4.78 is 31.2. The number of sulfonamides is 1. The van der Waals surface area contributed by atoms with E-state index in [0.717, 1.165) is 25.7 Å². The van der Waals surface area contributed by atoms with Crippen molar-refractivity contribution in [3.63, 3.8) is 0 Å². The molecule has 1 rings (SSSR count). The van der Waals surface area contributed by atoms with Crippen LogP contribution >= 0.6 is 0 Å². The molecule has 1 aliphatic carbocycles. The van der Waals surface area contributed by atoms with E-state index in [-0.39, 0.29) is 30.6 Å². The van der Waals surface area contributed by atoms with Crippen LogP contribution in [0.5, 0.6) is 0 Å². The van der Waals surface area contributed by atoms with Gasteiger partial charge in [0.25, 0.3) is 0 Å². The molecule has 20 heavy (non-hydrogen) atoms. The molecule has 0 radical (unpaired) electrons. The molecule has 0 aromatic rings. The van der Waals surface area contributed by atoms with Gasteiger partial charge in [-0.3, -0.25) is 4.79 Å². The Morgan fingerprint density at radius 3 is 2.55 bits per heavy atom. The Hall–Kier alpha value is -0.660. The highest BCUT2D eigenvalue weighted by Gasteiger charge is 2.26. The molecule has 1 atom stereocenters. The van der Waals surface area contributed by atoms with E-state index in [2.05, 4.69) is 9.46 Å². The summed E-state index contributed by atoms with van der Waals surface area (Å²) in [5, 5.41) is 0. The molecule has 0 bridgehead atoms. The lowest BCUT2D eigenvalue weighted by molar-refractivity contribution is -0.140. The number of nitrogens with one attached hydrogen (secondary N) is 1. The van der Waals surface area contributed by atoms with Crippen molar-refractivity contribution in [3.05, 3.63) is 0 Å². The Morgan fingerprint density at radius 1 is 1.35 bits per heavy atom. The minimum absolute atomic E-state index is 0.0642. The highest BCUT2D eigenvalue weighted by molar-refractivity contribution is 7.89. The SMILES string of the molecule is COC(=O)CCCS(=O)(=O)NC(CN)C1CCCCC1. The minimum atomic E-state index is -3.38. The molecule has 1 fully saturated rings. The standard InChI is InChI=1S/C13H26N2O4S/c1-19-13(16)8-5-9-20(17,18)15-12(10-14)11-6-3-2-4-7-11/h11-12,15H,2-10,14H2,1H3. The van der Waals surface area contributed by atoms with Crippen LogP contribution in [0.4, 0.5) is 0 Å². The predicted octanol–water partition coefficient (Wildman–Crippen LogP) is 0.767. The van der Waals surface area contributed by atoms with Gasteiger partial charge in [-0.25, -0.2) is 13.1 Å². The smallest absolute Gasteiger partial charge is 0.305 e. The number of methoxy groups -OCH3 is 1. The molecule has 1 unspecified atom stereocenters. The van der Waals surface area contributed by atoms with Crippen molar-refractivity contribution in [2.24, 2.45) is 11.7 Å². The molecule has 0 aliphatic heterocycles. The second-order valence-electron chi connectivity index (χ2n) is 5.36. The Labute approximate surface area is 121 Å². The third kappa shape index (κ3) is 6.19. The zero-order valence-electron chi connectivity index (χ0n) is 12.1. The van der Waals surface area contributed by atoms with Gasteiger partial charge in [-0.15, -0.1) is 0 Å². The number of carbonyl (C=O) groups is 1. The molecule has 0 amide bonds.